The lowest BCUT2D eigenvalue weighted by atomic mass is 9.97. The third-order valence-corrected chi connectivity index (χ3v) is 3.25. The standard InChI is InChI=1S/C12H14N2OS/c1-8-4-3-5-9(2)10(8)6-12(15)11-7-13-16-14-11/h3-5,7,12,15H,6H2,1-2H3. The summed E-state index contributed by atoms with van der Waals surface area (Å²) in [6.07, 6.45) is 1.67. The zero-order valence-corrected chi connectivity index (χ0v) is 10.2. The monoisotopic (exact) mass is 234 g/mol. The van der Waals surface area contributed by atoms with Gasteiger partial charge in [-0.2, -0.15) is 8.75 Å². The van der Waals surface area contributed by atoms with E-state index in [0.717, 1.165) is 11.7 Å². The van der Waals surface area contributed by atoms with Crippen molar-refractivity contribution in [3.05, 3.63) is 46.8 Å². The predicted molar refractivity (Wildman–Crippen MR) is 64.5 cm³/mol. The Labute approximate surface area is 99.1 Å². The summed E-state index contributed by atoms with van der Waals surface area (Å²) in [6.45, 7) is 4.13. The van der Waals surface area contributed by atoms with E-state index in [9.17, 15) is 5.11 Å². The topological polar surface area (TPSA) is 46.0 Å². The van der Waals surface area contributed by atoms with E-state index < -0.39 is 6.10 Å². The van der Waals surface area contributed by atoms with Crippen LogP contribution in [0, 0.1) is 13.8 Å². The fourth-order valence-corrected chi connectivity index (χ4v) is 2.25. The minimum atomic E-state index is -0.557. The van der Waals surface area contributed by atoms with Gasteiger partial charge in [0.1, 0.15) is 11.8 Å². The molecule has 1 atom stereocenters. The van der Waals surface area contributed by atoms with Crippen molar-refractivity contribution in [2.75, 3.05) is 0 Å². The number of aryl methyl sites for hydroxylation is 2. The summed E-state index contributed by atoms with van der Waals surface area (Å²) in [5.41, 5.74) is 4.28. The van der Waals surface area contributed by atoms with Gasteiger partial charge in [-0.1, -0.05) is 18.2 Å². The minimum Gasteiger partial charge on any atom is -0.386 e. The van der Waals surface area contributed by atoms with Crippen LogP contribution in [0.1, 0.15) is 28.5 Å². The number of aliphatic hydroxyl groups excluding tert-OH is 1. The third kappa shape index (κ3) is 2.28. The summed E-state index contributed by atoms with van der Waals surface area (Å²) in [7, 11) is 0. The molecule has 0 amide bonds. The van der Waals surface area contributed by atoms with Crippen LogP contribution in [-0.2, 0) is 6.42 Å². The van der Waals surface area contributed by atoms with Crippen LogP contribution in [0.3, 0.4) is 0 Å². The van der Waals surface area contributed by atoms with Crippen molar-refractivity contribution in [3.8, 4) is 0 Å². The van der Waals surface area contributed by atoms with Gasteiger partial charge in [0, 0.05) is 6.42 Å². The first-order valence-corrected chi connectivity index (χ1v) is 5.92. The maximum Gasteiger partial charge on any atom is 0.103 e. The molecule has 1 aromatic carbocycles. The van der Waals surface area contributed by atoms with E-state index >= 15 is 0 Å². The fourth-order valence-electron chi connectivity index (χ4n) is 1.79. The average molecular weight is 234 g/mol. The Kier molecular flexibility index (Phi) is 3.31. The highest BCUT2D eigenvalue weighted by Crippen LogP contribution is 2.21. The molecular formula is C12H14N2OS. The Bertz CT molecular complexity index is 448. The molecule has 0 saturated carbocycles. The molecule has 0 bridgehead atoms. The Morgan fingerprint density at radius 3 is 2.56 bits per heavy atom. The molecule has 1 aromatic heterocycles. The normalized spacial score (nSPS) is 12.7. The van der Waals surface area contributed by atoms with E-state index in [2.05, 4.69) is 34.7 Å². The summed E-state index contributed by atoms with van der Waals surface area (Å²) in [4.78, 5) is 0. The maximum absolute atomic E-state index is 10.0. The summed E-state index contributed by atoms with van der Waals surface area (Å²) in [6, 6.07) is 6.16. The molecule has 0 saturated heterocycles. The molecule has 0 aliphatic rings. The van der Waals surface area contributed by atoms with Crippen LogP contribution in [0.5, 0.6) is 0 Å². The van der Waals surface area contributed by atoms with E-state index in [1.807, 2.05) is 6.07 Å². The lowest BCUT2D eigenvalue weighted by molar-refractivity contribution is 0.174. The fraction of sp³-hybridized carbons (Fsp3) is 0.333. The summed E-state index contributed by atoms with van der Waals surface area (Å²) >= 11 is 1.13. The van der Waals surface area contributed by atoms with E-state index in [4.69, 9.17) is 0 Å². The molecule has 3 nitrogen and oxygen atoms in total. The zero-order chi connectivity index (χ0) is 11.5. The Morgan fingerprint density at radius 2 is 2.00 bits per heavy atom. The SMILES string of the molecule is Cc1cccc(C)c1CC(O)c1cnsn1. The first-order valence-electron chi connectivity index (χ1n) is 5.19. The lowest BCUT2D eigenvalue weighted by Gasteiger charge is -2.12. The van der Waals surface area contributed by atoms with Crippen molar-refractivity contribution in [1.29, 1.82) is 0 Å². The van der Waals surface area contributed by atoms with Gasteiger partial charge in [0.25, 0.3) is 0 Å². The number of aromatic nitrogens is 2. The molecule has 2 rings (SSSR count). The molecule has 1 heterocycles. The predicted octanol–water partition coefficient (Wildman–Crippen LogP) is 2.43. The highest BCUT2D eigenvalue weighted by Gasteiger charge is 2.13. The molecule has 2 aromatic rings. The Balaban J connectivity index is 2.21. The first kappa shape index (κ1) is 11.2. The van der Waals surface area contributed by atoms with E-state index in [0.29, 0.717) is 12.1 Å². The van der Waals surface area contributed by atoms with E-state index in [1.165, 1.54) is 16.7 Å². The van der Waals surface area contributed by atoms with Crippen LogP contribution >= 0.6 is 11.7 Å². The number of hydrogen-bond acceptors (Lipinski definition) is 4. The van der Waals surface area contributed by atoms with Crippen LogP contribution in [0.4, 0.5) is 0 Å². The van der Waals surface area contributed by atoms with Crippen LogP contribution in [-0.4, -0.2) is 13.9 Å². The van der Waals surface area contributed by atoms with Gasteiger partial charge >= 0.3 is 0 Å². The molecule has 0 radical (unpaired) electrons. The summed E-state index contributed by atoms with van der Waals surface area (Å²) in [5, 5.41) is 10.0. The van der Waals surface area contributed by atoms with Gasteiger partial charge in [0.15, 0.2) is 0 Å². The van der Waals surface area contributed by atoms with Gasteiger partial charge < -0.3 is 5.11 Å². The van der Waals surface area contributed by atoms with E-state index in [-0.39, 0.29) is 0 Å². The summed E-state index contributed by atoms with van der Waals surface area (Å²) in [5.74, 6) is 0. The highest BCUT2D eigenvalue weighted by molar-refractivity contribution is 6.99. The van der Waals surface area contributed by atoms with Gasteiger partial charge in [-0.05, 0) is 30.5 Å². The second-order valence-corrected chi connectivity index (χ2v) is 4.48. The molecule has 4 heteroatoms. The lowest BCUT2D eigenvalue weighted by Crippen LogP contribution is -2.05. The molecule has 0 aliphatic heterocycles. The van der Waals surface area contributed by atoms with Crippen LogP contribution < -0.4 is 0 Å². The molecular weight excluding hydrogens is 220 g/mol. The molecule has 0 spiro atoms. The molecule has 16 heavy (non-hydrogen) atoms. The van der Waals surface area contributed by atoms with Crippen molar-refractivity contribution >= 4 is 11.7 Å². The third-order valence-electron chi connectivity index (χ3n) is 2.76. The Morgan fingerprint density at radius 1 is 1.31 bits per heavy atom. The van der Waals surface area contributed by atoms with Crippen LogP contribution in [0.15, 0.2) is 24.4 Å². The quantitative estimate of drug-likeness (QED) is 0.887. The minimum absolute atomic E-state index is 0.557. The first-order chi connectivity index (χ1) is 7.68. The smallest absolute Gasteiger partial charge is 0.103 e. The van der Waals surface area contributed by atoms with Crippen molar-refractivity contribution < 1.29 is 5.11 Å². The number of hydrogen-bond donors (Lipinski definition) is 1. The highest BCUT2D eigenvalue weighted by atomic mass is 32.1. The second kappa shape index (κ2) is 4.72. The zero-order valence-electron chi connectivity index (χ0n) is 9.34. The molecule has 84 valence electrons. The molecule has 1 unspecified atom stereocenters. The average Bonchev–Trinajstić information content (AvgIpc) is 2.76. The molecule has 0 fully saturated rings. The van der Waals surface area contributed by atoms with Gasteiger partial charge in [-0.15, -0.1) is 0 Å². The maximum atomic E-state index is 10.0. The van der Waals surface area contributed by atoms with Crippen molar-refractivity contribution in [2.45, 2.75) is 26.4 Å². The number of rotatable bonds is 3. The second-order valence-electron chi connectivity index (χ2n) is 3.92. The number of nitrogens with zero attached hydrogens (tertiary/aromatic N) is 2. The number of aliphatic hydroxyl groups is 1. The van der Waals surface area contributed by atoms with Gasteiger partial charge in [0.2, 0.25) is 0 Å². The van der Waals surface area contributed by atoms with Crippen molar-refractivity contribution in [2.24, 2.45) is 0 Å². The molecule has 1 N–H and O–H groups in total. The van der Waals surface area contributed by atoms with Gasteiger partial charge in [-0.3, -0.25) is 0 Å². The van der Waals surface area contributed by atoms with E-state index in [1.54, 1.807) is 6.20 Å². The Hall–Kier alpha value is -1.26. The summed E-state index contributed by atoms with van der Waals surface area (Å²) < 4.78 is 7.95. The largest absolute Gasteiger partial charge is 0.386 e. The number of benzene rings is 1. The van der Waals surface area contributed by atoms with Crippen molar-refractivity contribution in [1.82, 2.24) is 8.75 Å². The van der Waals surface area contributed by atoms with Crippen LogP contribution in [0.2, 0.25) is 0 Å². The molecule has 0 aliphatic carbocycles. The van der Waals surface area contributed by atoms with Gasteiger partial charge in [-0.25, -0.2) is 0 Å². The van der Waals surface area contributed by atoms with Crippen LogP contribution in [0.25, 0.3) is 0 Å². The van der Waals surface area contributed by atoms with Gasteiger partial charge in [0.05, 0.1) is 17.9 Å². The van der Waals surface area contributed by atoms with Crippen molar-refractivity contribution in [3.63, 3.8) is 0 Å².